The van der Waals surface area contributed by atoms with Gasteiger partial charge in [-0.3, -0.25) is 0 Å². The monoisotopic (exact) mass is 360 g/mol. The standard InChI is InChI=1S/C26H18.C2H6/c1-17-9-8-16-24-25(17)20-12-4-7-15-23(20)26(24)21-13-5-2-10-18(21)19-11-3-6-14-22(19)26;1-2/h2-16H,1H3;1-2H3. The molecule has 2 aliphatic rings. The fraction of sp³-hybridized carbons (Fsp3) is 0.143. The van der Waals surface area contributed by atoms with Gasteiger partial charge in [0.1, 0.15) is 0 Å². The van der Waals surface area contributed by atoms with Gasteiger partial charge in [0, 0.05) is 0 Å². The number of hydrogen-bond donors (Lipinski definition) is 0. The highest BCUT2D eigenvalue weighted by molar-refractivity contribution is 5.95. The van der Waals surface area contributed by atoms with Gasteiger partial charge in [-0.2, -0.15) is 0 Å². The van der Waals surface area contributed by atoms with Crippen molar-refractivity contribution in [3.05, 3.63) is 119 Å². The first kappa shape index (κ1) is 17.0. The van der Waals surface area contributed by atoms with E-state index < -0.39 is 0 Å². The fourth-order valence-corrected chi connectivity index (χ4v) is 5.33. The van der Waals surface area contributed by atoms with E-state index in [4.69, 9.17) is 0 Å². The van der Waals surface area contributed by atoms with E-state index >= 15 is 0 Å². The van der Waals surface area contributed by atoms with E-state index in [9.17, 15) is 0 Å². The maximum absolute atomic E-state index is 2.33. The Morgan fingerprint density at radius 2 is 0.893 bits per heavy atom. The lowest BCUT2D eigenvalue weighted by molar-refractivity contribution is 0.793. The quantitative estimate of drug-likeness (QED) is 0.265. The molecule has 28 heavy (non-hydrogen) atoms. The highest BCUT2D eigenvalue weighted by Crippen LogP contribution is 2.62. The Balaban J connectivity index is 0.000000829. The third-order valence-electron chi connectivity index (χ3n) is 6.23. The molecule has 6 rings (SSSR count). The first-order valence-electron chi connectivity index (χ1n) is 10.2. The molecule has 0 amide bonds. The van der Waals surface area contributed by atoms with Crippen molar-refractivity contribution in [3.63, 3.8) is 0 Å². The molecule has 0 unspecified atom stereocenters. The van der Waals surface area contributed by atoms with Gasteiger partial charge in [0.05, 0.1) is 5.41 Å². The summed E-state index contributed by atoms with van der Waals surface area (Å²) in [7, 11) is 0. The van der Waals surface area contributed by atoms with Gasteiger partial charge >= 0.3 is 0 Å². The molecule has 0 aliphatic heterocycles. The average molecular weight is 361 g/mol. The highest BCUT2D eigenvalue weighted by Gasteiger charge is 2.51. The van der Waals surface area contributed by atoms with Gasteiger partial charge in [-0.15, -0.1) is 0 Å². The number of rotatable bonds is 0. The van der Waals surface area contributed by atoms with E-state index in [1.54, 1.807) is 0 Å². The van der Waals surface area contributed by atoms with E-state index in [-0.39, 0.29) is 5.41 Å². The summed E-state index contributed by atoms with van der Waals surface area (Å²) in [5.41, 5.74) is 12.4. The molecular weight excluding hydrogens is 336 g/mol. The third kappa shape index (κ3) is 1.90. The molecule has 2 aliphatic carbocycles. The van der Waals surface area contributed by atoms with Crippen LogP contribution in [-0.2, 0) is 5.41 Å². The van der Waals surface area contributed by atoms with Crippen molar-refractivity contribution in [1.82, 2.24) is 0 Å². The Bertz CT molecular complexity index is 1150. The van der Waals surface area contributed by atoms with E-state index in [2.05, 4.69) is 97.9 Å². The molecule has 0 aromatic heterocycles. The zero-order chi connectivity index (χ0) is 19.3. The zero-order valence-corrected chi connectivity index (χ0v) is 16.7. The Morgan fingerprint density at radius 3 is 1.46 bits per heavy atom. The largest absolute Gasteiger partial charge is 0.0725 e. The molecule has 4 aromatic rings. The second kappa shape index (κ2) is 6.21. The minimum absolute atomic E-state index is 0.189. The maximum Gasteiger partial charge on any atom is 0.0725 e. The molecule has 0 nitrogen and oxygen atoms in total. The summed E-state index contributed by atoms with van der Waals surface area (Å²) in [4.78, 5) is 0. The lowest BCUT2D eigenvalue weighted by Gasteiger charge is -2.30. The van der Waals surface area contributed by atoms with Crippen LogP contribution in [0.3, 0.4) is 0 Å². The summed E-state index contributed by atoms with van der Waals surface area (Å²) >= 11 is 0. The molecule has 4 aromatic carbocycles. The molecule has 0 saturated heterocycles. The van der Waals surface area contributed by atoms with Crippen molar-refractivity contribution in [2.45, 2.75) is 26.2 Å². The average Bonchev–Trinajstić information content (AvgIpc) is 3.23. The zero-order valence-electron chi connectivity index (χ0n) is 16.7. The molecule has 0 heterocycles. The van der Waals surface area contributed by atoms with Gasteiger partial charge in [-0.1, -0.05) is 105 Å². The van der Waals surface area contributed by atoms with E-state index in [0.717, 1.165) is 0 Å². The van der Waals surface area contributed by atoms with Crippen LogP contribution >= 0.6 is 0 Å². The SMILES string of the molecule is CC.Cc1cccc2c1-c1ccccc1C21c2ccccc2-c2ccccc21. The second-order valence-electron chi connectivity index (χ2n) is 7.38. The van der Waals surface area contributed by atoms with Crippen LogP contribution in [0.2, 0.25) is 0 Å². The first-order valence-corrected chi connectivity index (χ1v) is 10.2. The van der Waals surface area contributed by atoms with Gasteiger partial charge in [0.15, 0.2) is 0 Å². The van der Waals surface area contributed by atoms with Crippen molar-refractivity contribution in [2.24, 2.45) is 0 Å². The van der Waals surface area contributed by atoms with E-state index in [1.807, 2.05) is 13.8 Å². The summed E-state index contributed by atoms with van der Waals surface area (Å²) in [6.07, 6.45) is 0. The summed E-state index contributed by atoms with van der Waals surface area (Å²) in [5.74, 6) is 0. The number of hydrogen-bond acceptors (Lipinski definition) is 0. The lowest BCUT2D eigenvalue weighted by Crippen LogP contribution is -2.25. The number of aryl methyl sites for hydroxylation is 1. The van der Waals surface area contributed by atoms with Gasteiger partial charge < -0.3 is 0 Å². The topological polar surface area (TPSA) is 0 Å². The molecule has 0 N–H and O–H groups in total. The fourth-order valence-electron chi connectivity index (χ4n) is 5.33. The van der Waals surface area contributed by atoms with Crippen molar-refractivity contribution in [3.8, 4) is 22.3 Å². The summed E-state index contributed by atoms with van der Waals surface area (Å²) < 4.78 is 0. The van der Waals surface area contributed by atoms with Crippen LogP contribution in [-0.4, -0.2) is 0 Å². The van der Waals surface area contributed by atoms with Crippen LogP contribution in [0.5, 0.6) is 0 Å². The predicted octanol–water partition coefficient (Wildman–Crippen LogP) is 7.36. The molecular formula is C28H24. The molecule has 0 atom stereocenters. The molecule has 0 fully saturated rings. The van der Waals surface area contributed by atoms with Gasteiger partial charge in [0.25, 0.3) is 0 Å². The normalized spacial score (nSPS) is 13.8. The third-order valence-corrected chi connectivity index (χ3v) is 6.23. The van der Waals surface area contributed by atoms with Gasteiger partial charge in [0.2, 0.25) is 0 Å². The first-order chi connectivity index (χ1) is 13.8. The molecule has 1 spiro atoms. The molecule has 0 radical (unpaired) electrons. The second-order valence-corrected chi connectivity index (χ2v) is 7.38. The van der Waals surface area contributed by atoms with Crippen molar-refractivity contribution >= 4 is 0 Å². The Morgan fingerprint density at radius 1 is 0.464 bits per heavy atom. The molecule has 136 valence electrons. The van der Waals surface area contributed by atoms with Crippen LogP contribution in [0.25, 0.3) is 22.3 Å². The van der Waals surface area contributed by atoms with Gasteiger partial charge in [-0.05, 0) is 57.0 Å². The minimum atomic E-state index is -0.189. The van der Waals surface area contributed by atoms with E-state index in [0.29, 0.717) is 0 Å². The van der Waals surface area contributed by atoms with Crippen LogP contribution in [0.4, 0.5) is 0 Å². The summed E-state index contributed by atoms with van der Waals surface area (Å²) in [6.45, 7) is 6.24. The molecule has 0 heteroatoms. The number of fused-ring (bicyclic) bond motifs is 10. The Hall–Kier alpha value is -3.12. The predicted molar refractivity (Wildman–Crippen MR) is 119 cm³/mol. The van der Waals surface area contributed by atoms with Crippen LogP contribution in [0.1, 0.15) is 41.7 Å². The lowest BCUT2D eigenvalue weighted by atomic mass is 9.70. The van der Waals surface area contributed by atoms with E-state index in [1.165, 1.54) is 50.1 Å². The Kier molecular flexibility index (Phi) is 3.77. The number of benzene rings is 4. The smallest absolute Gasteiger partial charge is 0.0683 e. The van der Waals surface area contributed by atoms with Crippen molar-refractivity contribution in [1.29, 1.82) is 0 Å². The molecule has 0 bridgehead atoms. The highest BCUT2D eigenvalue weighted by atomic mass is 14.5. The maximum atomic E-state index is 2.33. The Labute approximate surface area is 167 Å². The van der Waals surface area contributed by atoms with Gasteiger partial charge in [-0.25, -0.2) is 0 Å². The minimum Gasteiger partial charge on any atom is -0.0683 e. The van der Waals surface area contributed by atoms with Crippen LogP contribution in [0, 0.1) is 6.92 Å². The molecule has 0 saturated carbocycles. The van der Waals surface area contributed by atoms with Crippen molar-refractivity contribution < 1.29 is 0 Å². The van der Waals surface area contributed by atoms with Crippen molar-refractivity contribution in [2.75, 3.05) is 0 Å². The van der Waals surface area contributed by atoms with Crippen LogP contribution < -0.4 is 0 Å². The van der Waals surface area contributed by atoms with Crippen LogP contribution in [0.15, 0.2) is 91.0 Å². The summed E-state index contributed by atoms with van der Waals surface area (Å²) in [6, 6.07) is 33.6. The summed E-state index contributed by atoms with van der Waals surface area (Å²) in [5, 5.41) is 0.